The highest BCUT2D eigenvalue weighted by Crippen LogP contribution is 2.25. The van der Waals surface area contributed by atoms with E-state index in [1.807, 2.05) is 49.9 Å². The van der Waals surface area contributed by atoms with Crippen molar-refractivity contribution in [2.45, 2.75) is 50.6 Å². The van der Waals surface area contributed by atoms with Gasteiger partial charge in [-0.2, -0.15) is 15.0 Å². The van der Waals surface area contributed by atoms with Crippen LogP contribution >= 0.6 is 0 Å². The molecule has 2 atom stereocenters. The van der Waals surface area contributed by atoms with Crippen molar-refractivity contribution < 1.29 is 32.6 Å². The predicted octanol–water partition coefficient (Wildman–Crippen LogP) is 4.64. The third-order valence-electron chi connectivity index (χ3n) is 7.93. The molecule has 0 aliphatic carbocycles. The number of anilines is 3. The zero-order chi connectivity index (χ0) is 36.6. The van der Waals surface area contributed by atoms with E-state index in [4.69, 9.17) is 9.47 Å². The standard InChI is InChI=1S/C35H43N7O7S/c1-8-42(24(3)21-25-11-15-27(48-7)16-12-25)34-38-32(37-33(39-34)41(6)50(46,47)29-19-9-23(2)10-20-29)36-30(31(43)44)22-26-13-17-28(18-14-26)49-35(45)40(4)5/h9-20,24,30H,8,21-22H2,1-7H3,(H,43,44)(H,36,37,38,39)/t24?,30-/m0/s1. The van der Waals surface area contributed by atoms with Crippen LogP contribution in [0.2, 0.25) is 0 Å². The number of methoxy groups -OCH3 is 1. The topological polar surface area (TPSA) is 167 Å². The first-order valence-electron chi connectivity index (χ1n) is 15.9. The van der Waals surface area contributed by atoms with E-state index in [0.717, 1.165) is 21.2 Å². The molecule has 3 aromatic carbocycles. The number of hydrogen-bond donors (Lipinski definition) is 2. The highest BCUT2D eigenvalue weighted by Gasteiger charge is 2.28. The van der Waals surface area contributed by atoms with Crippen LogP contribution in [0.4, 0.5) is 22.6 Å². The smallest absolute Gasteiger partial charge is 0.414 e. The normalized spacial score (nSPS) is 12.4. The van der Waals surface area contributed by atoms with Crippen molar-refractivity contribution in [3.8, 4) is 11.5 Å². The number of aliphatic carboxylic acids is 1. The minimum atomic E-state index is -4.09. The van der Waals surface area contributed by atoms with E-state index in [1.165, 1.54) is 24.1 Å². The molecule has 14 nitrogen and oxygen atoms in total. The average Bonchev–Trinajstić information content (AvgIpc) is 3.09. The Kier molecular flexibility index (Phi) is 12.2. The molecule has 0 fully saturated rings. The second kappa shape index (κ2) is 16.3. The average molecular weight is 706 g/mol. The second-order valence-electron chi connectivity index (χ2n) is 11.9. The number of nitrogens with one attached hydrogen (secondary N) is 1. The molecule has 0 radical (unpaired) electrons. The zero-order valence-corrected chi connectivity index (χ0v) is 30.0. The van der Waals surface area contributed by atoms with Gasteiger partial charge < -0.3 is 29.7 Å². The molecule has 0 saturated heterocycles. The molecule has 15 heteroatoms. The van der Waals surface area contributed by atoms with Crippen LogP contribution in [0, 0.1) is 6.92 Å². The number of hydrogen-bond acceptors (Lipinski definition) is 11. The monoisotopic (exact) mass is 705 g/mol. The maximum atomic E-state index is 13.7. The number of sulfonamides is 1. The Balaban J connectivity index is 1.69. The highest BCUT2D eigenvalue weighted by atomic mass is 32.2. The summed E-state index contributed by atoms with van der Waals surface area (Å²) in [6.45, 7) is 6.24. The summed E-state index contributed by atoms with van der Waals surface area (Å²) in [6.07, 6.45) is 0.0748. The van der Waals surface area contributed by atoms with Gasteiger partial charge in [-0.25, -0.2) is 22.3 Å². The molecule has 1 aromatic heterocycles. The maximum absolute atomic E-state index is 13.7. The molecule has 1 amide bonds. The number of aromatic nitrogens is 3. The Hall–Kier alpha value is -5.44. The van der Waals surface area contributed by atoms with Crippen LogP contribution in [-0.2, 0) is 27.7 Å². The Morgan fingerprint density at radius 1 is 0.840 bits per heavy atom. The summed E-state index contributed by atoms with van der Waals surface area (Å²) in [5.74, 6) is -0.277. The van der Waals surface area contributed by atoms with Gasteiger partial charge in [-0.1, -0.05) is 42.0 Å². The lowest BCUT2D eigenvalue weighted by atomic mass is 10.1. The number of ether oxygens (including phenoxy) is 2. The fraction of sp³-hybridized carbons (Fsp3) is 0.343. The number of benzene rings is 3. The molecule has 50 heavy (non-hydrogen) atoms. The van der Waals surface area contributed by atoms with Crippen molar-refractivity contribution in [2.75, 3.05) is 49.3 Å². The molecular formula is C35H43N7O7S. The van der Waals surface area contributed by atoms with E-state index in [1.54, 1.807) is 57.6 Å². The van der Waals surface area contributed by atoms with Gasteiger partial charge in [-0.3, -0.25) is 0 Å². The first kappa shape index (κ1) is 37.4. The molecule has 0 aliphatic rings. The van der Waals surface area contributed by atoms with E-state index in [2.05, 4.69) is 20.3 Å². The van der Waals surface area contributed by atoms with Crippen LogP contribution in [0.15, 0.2) is 77.7 Å². The molecule has 266 valence electrons. The van der Waals surface area contributed by atoms with E-state index < -0.39 is 28.1 Å². The minimum Gasteiger partial charge on any atom is -0.497 e. The lowest BCUT2D eigenvalue weighted by Gasteiger charge is -2.29. The number of carbonyl (C=O) groups excluding carboxylic acids is 1. The van der Waals surface area contributed by atoms with Crippen LogP contribution in [0.5, 0.6) is 11.5 Å². The number of likely N-dealkylation sites (N-methyl/N-ethyl adjacent to an activating group) is 1. The molecule has 0 saturated carbocycles. The van der Waals surface area contributed by atoms with Gasteiger partial charge in [-0.15, -0.1) is 0 Å². The fourth-order valence-corrected chi connectivity index (χ4v) is 6.10. The minimum absolute atomic E-state index is 0.0104. The van der Waals surface area contributed by atoms with E-state index in [0.29, 0.717) is 24.3 Å². The van der Waals surface area contributed by atoms with E-state index in [9.17, 15) is 23.1 Å². The molecule has 1 unspecified atom stereocenters. The molecule has 0 bridgehead atoms. The van der Waals surface area contributed by atoms with Gasteiger partial charge in [0.25, 0.3) is 10.0 Å². The summed E-state index contributed by atoms with van der Waals surface area (Å²) in [5, 5.41) is 13.1. The Morgan fingerprint density at radius 2 is 1.40 bits per heavy atom. The van der Waals surface area contributed by atoms with Crippen LogP contribution in [0.1, 0.15) is 30.5 Å². The first-order chi connectivity index (χ1) is 23.7. The number of aryl methyl sites for hydroxylation is 1. The second-order valence-corrected chi connectivity index (χ2v) is 13.8. The lowest BCUT2D eigenvalue weighted by Crippen LogP contribution is -2.38. The molecule has 0 spiro atoms. The third kappa shape index (κ3) is 9.37. The van der Waals surface area contributed by atoms with E-state index >= 15 is 0 Å². The van der Waals surface area contributed by atoms with Gasteiger partial charge in [0.1, 0.15) is 17.5 Å². The fourth-order valence-electron chi connectivity index (χ4n) is 5.00. The predicted molar refractivity (Wildman–Crippen MR) is 191 cm³/mol. The van der Waals surface area contributed by atoms with Gasteiger partial charge in [0.05, 0.1) is 12.0 Å². The summed E-state index contributed by atoms with van der Waals surface area (Å²) in [7, 11) is 1.98. The van der Waals surface area contributed by atoms with Crippen molar-refractivity contribution in [1.82, 2.24) is 19.9 Å². The maximum Gasteiger partial charge on any atom is 0.414 e. The zero-order valence-electron chi connectivity index (χ0n) is 29.2. The van der Waals surface area contributed by atoms with Crippen LogP contribution in [-0.4, -0.2) is 92.3 Å². The third-order valence-corrected chi connectivity index (χ3v) is 9.68. The molecule has 4 aromatic rings. The molecule has 2 N–H and O–H groups in total. The largest absolute Gasteiger partial charge is 0.497 e. The summed E-state index contributed by atoms with van der Waals surface area (Å²) in [4.78, 5) is 41.2. The molecular weight excluding hydrogens is 662 g/mol. The Morgan fingerprint density at radius 3 is 1.94 bits per heavy atom. The van der Waals surface area contributed by atoms with Gasteiger partial charge in [0, 0.05) is 40.2 Å². The van der Waals surface area contributed by atoms with Crippen molar-refractivity contribution in [3.05, 3.63) is 89.5 Å². The molecule has 0 aliphatic heterocycles. The summed E-state index contributed by atoms with van der Waals surface area (Å²) in [6, 6.07) is 19.2. The Labute approximate surface area is 292 Å². The first-order valence-corrected chi connectivity index (χ1v) is 17.3. The number of carboxylic acid groups (broad SMARTS) is 1. The number of rotatable bonds is 15. The lowest BCUT2D eigenvalue weighted by molar-refractivity contribution is -0.137. The van der Waals surface area contributed by atoms with Gasteiger partial charge in [-0.05, 0) is 74.7 Å². The Bertz CT molecular complexity index is 1870. The number of carboxylic acids is 1. The quantitative estimate of drug-likeness (QED) is 0.176. The summed E-state index contributed by atoms with van der Waals surface area (Å²) < 4.78 is 38.9. The molecule has 1 heterocycles. The van der Waals surface area contributed by atoms with Crippen molar-refractivity contribution in [1.29, 1.82) is 0 Å². The number of nitrogens with zero attached hydrogens (tertiary/aromatic N) is 6. The number of carbonyl (C=O) groups is 2. The van der Waals surface area contributed by atoms with Crippen molar-refractivity contribution in [2.24, 2.45) is 0 Å². The van der Waals surface area contributed by atoms with Crippen LogP contribution in [0.3, 0.4) is 0 Å². The van der Waals surface area contributed by atoms with Crippen LogP contribution in [0.25, 0.3) is 0 Å². The van der Waals surface area contributed by atoms with Gasteiger partial charge >= 0.3 is 12.1 Å². The molecule has 4 rings (SSSR count). The van der Waals surface area contributed by atoms with Crippen molar-refractivity contribution in [3.63, 3.8) is 0 Å². The summed E-state index contributed by atoms with van der Waals surface area (Å²) >= 11 is 0. The van der Waals surface area contributed by atoms with Gasteiger partial charge in [0.15, 0.2) is 0 Å². The highest BCUT2D eigenvalue weighted by molar-refractivity contribution is 7.92. The van der Waals surface area contributed by atoms with E-state index in [-0.39, 0.29) is 35.2 Å². The summed E-state index contributed by atoms with van der Waals surface area (Å²) in [5.41, 5.74) is 2.57. The van der Waals surface area contributed by atoms with Crippen molar-refractivity contribution >= 4 is 39.9 Å². The number of amides is 1. The SMILES string of the molecule is CCN(c1nc(N[C@@H](Cc2ccc(OC(=O)N(C)C)cc2)C(=O)O)nc(N(C)S(=O)(=O)c2ccc(C)cc2)n1)C(C)Cc1ccc(OC)cc1. The van der Waals surface area contributed by atoms with Gasteiger partial charge in [0.2, 0.25) is 17.8 Å². The van der Waals surface area contributed by atoms with Crippen LogP contribution < -0.4 is 24.0 Å².